The number of hydrogen-bond acceptors (Lipinski definition) is 10. The molecule has 254 valence electrons. The number of piperazine rings is 1. The van der Waals surface area contributed by atoms with Crippen molar-refractivity contribution in [1.82, 2.24) is 35.1 Å². The van der Waals surface area contributed by atoms with Crippen LogP contribution in [-0.2, 0) is 29.1 Å². The number of ether oxygens (including phenoxy) is 1. The molecule has 5 aromatic rings. The molecule has 14 nitrogen and oxygen atoms in total. The second-order valence-corrected chi connectivity index (χ2v) is 13.2. The third-order valence-corrected chi connectivity index (χ3v) is 9.79. The fraction of sp³-hybridized carbons (Fsp3) is 0.324. The maximum Gasteiger partial charge on any atom is 0.417 e. The van der Waals surface area contributed by atoms with Crippen LogP contribution in [0.15, 0.2) is 69.9 Å². The molecule has 2 aliphatic rings. The lowest BCUT2D eigenvalue weighted by Gasteiger charge is -2.46. The highest BCUT2D eigenvalue weighted by Gasteiger charge is 2.52. The highest BCUT2D eigenvalue weighted by Crippen LogP contribution is 2.33. The molecule has 15 heteroatoms. The minimum atomic E-state index is -0.870. The molecule has 2 aromatic heterocycles. The molecule has 3 aromatic carbocycles. The Kier molecular flexibility index (Phi) is 8.69. The lowest BCUT2D eigenvalue weighted by atomic mass is 9.99. The van der Waals surface area contributed by atoms with Crippen molar-refractivity contribution in [1.29, 1.82) is 0 Å². The second kappa shape index (κ2) is 13.2. The van der Waals surface area contributed by atoms with Gasteiger partial charge in [-0.25, -0.2) is 14.6 Å². The molecule has 4 amide bonds. The van der Waals surface area contributed by atoms with Crippen LogP contribution in [0.2, 0.25) is 0 Å². The van der Waals surface area contributed by atoms with Crippen molar-refractivity contribution in [2.45, 2.75) is 45.1 Å². The number of H-pyrrole nitrogens is 1. The topological polar surface area (TPSA) is 170 Å². The number of methoxy groups -OCH3 is 1. The van der Waals surface area contributed by atoms with Gasteiger partial charge in [0.25, 0.3) is 0 Å². The van der Waals surface area contributed by atoms with E-state index in [2.05, 4.69) is 15.3 Å². The molecule has 2 saturated heterocycles. The van der Waals surface area contributed by atoms with E-state index in [9.17, 15) is 19.2 Å². The van der Waals surface area contributed by atoms with Crippen LogP contribution in [0.4, 0.5) is 9.93 Å². The van der Waals surface area contributed by atoms with Gasteiger partial charge < -0.3 is 30.0 Å². The van der Waals surface area contributed by atoms with E-state index in [0.29, 0.717) is 29.2 Å². The zero-order chi connectivity index (χ0) is 34.2. The van der Waals surface area contributed by atoms with Crippen molar-refractivity contribution in [3.63, 3.8) is 0 Å². The Balaban J connectivity index is 1.20. The van der Waals surface area contributed by atoms with Crippen LogP contribution >= 0.6 is 11.3 Å². The summed E-state index contributed by atoms with van der Waals surface area (Å²) < 4.78 is 11.4. The van der Waals surface area contributed by atoms with E-state index in [0.717, 1.165) is 32.7 Å². The number of urea groups is 1. The summed E-state index contributed by atoms with van der Waals surface area (Å²) in [6.07, 6.45) is 0.220. The highest BCUT2D eigenvalue weighted by molar-refractivity contribution is 7.22. The highest BCUT2D eigenvalue weighted by atomic mass is 32.1. The average Bonchev–Trinajstić information content (AvgIpc) is 3.77. The number of fused-ring (bicyclic) bond motifs is 3. The molecule has 7 rings (SSSR count). The van der Waals surface area contributed by atoms with Gasteiger partial charge >= 0.3 is 11.8 Å². The number of nitrogens with two attached hydrogens (primary N) is 1. The number of nitrogens with one attached hydrogen (secondary N) is 2. The van der Waals surface area contributed by atoms with E-state index in [1.54, 1.807) is 39.1 Å². The first-order valence-corrected chi connectivity index (χ1v) is 16.8. The normalized spacial score (nSPS) is 18.0. The fourth-order valence-corrected chi connectivity index (χ4v) is 7.44. The number of carbonyl (C=O) groups excluding carboxylic acids is 3. The van der Waals surface area contributed by atoms with Crippen LogP contribution in [0.5, 0.6) is 5.75 Å². The summed E-state index contributed by atoms with van der Waals surface area (Å²) in [4.78, 5) is 64.3. The zero-order valence-corrected chi connectivity index (χ0v) is 27.9. The van der Waals surface area contributed by atoms with E-state index in [4.69, 9.17) is 14.9 Å². The number of hydrazine groups is 1. The third-order valence-electron chi connectivity index (χ3n) is 8.94. The molecule has 4 N–H and O–H groups in total. The standard InChI is InChI=1S/C34H36N8O6S/c1-3-13-40(33(45)36-16-20-7-10-23(47-2)11-8-20)41-19-29(43)42-25(14-21-9-12-24-26(15-21)48-34(46)37-24)31(44)39(18-28(41)42)17-22-5-4-6-27-30(22)38-32(35)49-27/h4-12,15,25,28H,3,13-14,16-19H2,1-2H3,(H2,35,38)(H,36,45)(H,37,46)/t25-,28+/m0/s1. The summed E-state index contributed by atoms with van der Waals surface area (Å²) in [7, 11) is 1.60. The Hall–Kier alpha value is -5.41. The summed E-state index contributed by atoms with van der Waals surface area (Å²) in [6.45, 7) is 2.97. The van der Waals surface area contributed by atoms with Gasteiger partial charge in [-0.15, -0.1) is 0 Å². The molecule has 0 unspecified atom stereocenters. The predicted octanol–water partition coefficient (Wildman–Crippen LogP) is 3.28. The van der Waals surface area contributed by atoms with E-state index >= 15 is 0 Å². The molecule has 0 aliphatic carbocycles. The van der Waals surface area contributed by atoms with Crippen LogP contribution in [0.25, 0.3) is 21.3 Å². The summed E-state index contributed by atoms with van der Waals surface area (Å²) >= 11 is 1.38. The number of rotatable bonds is 10. The minimum Gasteiger partial charge on any atom is -0.497 e. The largest absolute Gasteiger partial charge is 0.497 e. The van der Waals surface area contributed by atoms with Crippen LogP contribution in [0, 0.1) is 0 Å². The summed E-state index contributed by atoms with van der Waals surface area (Å²) in [5.74, 6) is -0.337. The number of nitrogen functional groups attached to an aromatic ring is 1. The molecular formula is C34H36N8O6S. The predicted molar refractivity (Wildman–Crippen MR) is 183 cm³/mol. The molecule has 0 saturated carbocycles. The van der Waals surface area contributed by atoms with Crippen molar-refractivity contribution in [2.24, 2.45) is 0 Å². The van der Waals surface area contributed by atoms with Gasteiger partial charge in [0.15, 0.2) is 10.7 Å². The van der Waals surface area contributed by atoms with Crippen molar-refractivity contribution in [3.05, 3.63) is 87.9 Å². The van der Waals surface area contributed by atoms with Crippen LogP contribution < -0.4 is 21.5 Å². The van der Waals surface area contributed by atoms with Gasteiger partial charge in [0, 0.05) is 26.1 Å². The zero-order valence-electron chi connectivity index (χ0n) is 27.0. The number of carbonyl (C=O) groups is 3. The van der Waals surface area contributed by atoms with Gasteiger partial charge in [-0.2, -0.15) is 5.01 Å². The molecule has 4 heterocycles. The number of hydrogen-bond donors (Lipinski definition) is 3. The van der Waals surface area contributed by atoms with Crippen LogP contribution in [-0.4, -0.2) is 86.6 Å². The molecule has 2 fully saturated rings. The number of thiazole rings is 1. The van der Waals surface area contributed by atoms with Crippen molar-refractivity contribution < 1.29 is 23.5 Å². The Morgan fingerprint density at radius 2 is 1.94 bits per heavy atom. The van der Waals surface area contributed by atoms with Crippen molar-refractivity contribution in [2.75, 3.05) is 32.5 Å². The Morgan fingerprint density at radius 1 is 1.14 bits per heavy atom. The van der Waals surface area contributed by atoms with Gasteiger partial charge in [-0.1, -0.05) is 48.6 Å². The lowest BCUT2D eigenvalue weighted by Crippen LogP contribution is -2.66. The third kappa shape index (κ3) is 6.29. The van der Waals surface area contributed by atoms with E-state index in [1.807, 2.05) is 55.5 Å². The Bertz CT molecular complexity index is 2090. The number of para-hydroxylation sites is 1. The fourth-order valence-electron chi connectivity index (χ4n) is 6.66. The minimum absolute atomic E-state index is 0.0673. The van der Waals surface area contributed by atoms with Crippen molar-refractivity contribution >= 4 is 55.6 Å². The molecule has 0 spiro atoms. The monoisotopic (exact) mass is 684 g/mol. The van der Waals surface area contributed by atoms with Crippen molar-refractivity contribution in [3.8, 4) is 5.75 Å². The SMILES string of the molecule is CCCN(C(=O)NCc1ccc(OC)cc1)N1CC(=O)N2[C@@H](Cc3ccc4[nH]c(=O)oc4c3)C(=O)N(Cc3cccc4sc(N)nc34)C[C@@H]21. The summed E-state index contributed by atoms with van der Waals surface area (Å²) in [6, 6.07) is 17.2. The maximum atomic E-state index is 14.4. The van der Waals surface area contributed by atoms with E-state index in [-0.39, 0.29) is 50.4 Å². The van der Waals surface area contributed by atoms with Gasteiger partial charge in [0.05, 0.1) is 35.9 Å². The smallest absolute Gasteiger partial charge is 0.417 e. The Labute approximate surface area is 285 Å². The molecule has 2 atom stereocenters. The first kappa shape index (κ1) is 32.2. The number of amides is 4. The maximum absolute atomic E-state index is 14.4. The second-order valence-electron chi connectivity index (χ2n) is 12.1. The molecular weight excluding hydrogens is 648 g/mol. The number of oxazole rings is 1. The quantitative estimate of drug-likeness (QED) is 0.200. The molecule has 0 radical (unpaired) electrons. The molecule has 49 heavy (non-hydrogen) atoms. The van der Waals surface area contributed by atoms with Gasteiger partial charge in [0.1, 0.15) is 18.0 Å². The van der Waals surface area contributed by atoms with Gasteiger partial charge in [0.2, 0.25) is 11.8 Å². The summed E-state index contributed by atoms with van der Waals surface area (Å²) in [5, 5.41) is 6.79. The van der Waals surface area contributed by atoms with E-state index in [1.165, 1.54) is 11.3 Å². The first-order valence-electron chi connectivity index (χ1n) is 16.0. The lowest BCUT2D eigenvalue weighted by molar-refractivity contribution is -0.157. The number of aromatic amines is 1. The van der Waals surface area contributed by atoms with Gasteiger partial charge in [-0.05, 0) is 53.4 Å². The first-order chi connectivity index (χ1) is 23.7. The average molecular weight is 685 g/mol. The summed E-state index contributed by atoms with van der Waals surface area (Å²) in [5.41, 5.74) is 10.1. The number of benzene rings is 3. The Morgan fingerprint density at radius 3 is 2.71 bits per heavy atom. The number of aromatic nitrogens is 2. The molecule has 2 aliphatic heterocycles. The van der Waals surface area contributed by atoms with Gasteiger partial charge in [-0.3, -0.25) is 19.6 Å². The van der Waals surface area contributed by atoms with Crippen LogP contribution in [0.1, 0.15) is 30.0 Å². The molecule has 0 bridgehead atoms. The number of nitrogens with zero attached hydrogens (tertiary/aromatic N) is 5. The number of anilines is 1. The van der Waals surface area contributed by atoms with Crippen LogP contribution in [0.3, 0.4) is 0 Å². The van der Waals surface area contributed by atoms with E-state index < -0.39 is 18.0 Å².